The molecule has 106 valence electrons. The lowest BCUT2D eigenvalue weighted by molar-refractivity contribution is -0.385. The van der Waals surface area contributed by atoms with E-state index < -0.39 is 11.0 Å². The van der Waals surface area contributed by atoms with Crippen LogP contribution in [-0.2, 0) is 0 Å². The van der Waals surface area contributed by atoms with Gasteiger partial charge in [-0.2, -0.15) is 0 Å². The standard InChI is InChI=1S/C13H12BrNO4S/c1-7-5-9(14)3-4-11(7)19-13-10(15(17)18)6-12(20-13)8(2)16/h3-6,8,16H,1-2H3/t8-/m0/s1. The Morgan fingerprint density at radius 3 is 2.70 bits per heavy atom. The van der Waals surface area contributed by atoms with Gasteiger partial charge in [0.15, 0.2) is 0 Å². The number of hydrogen-bond donors (Lipinski definition) is 1. The van der Waals surface area contributed by atoms with Crippen molar-refractivity contribution >= 4 is 33.0 Å². The number of ether oxygens (including phenoxy) is 1. The number of aryl methyl sites for hydroxylation is 1. The summed E-state index contributed by atoms with van der Waals surface area (Å²) in [5, 5.41) is 20.7. The minimum atomic E-state index is -0.762. The molecule has 0 radical (unpaired) electrons. The number of nitrogens with zero attached hydrogens (tertiary/aromatic N) is 1. The number of benzene rings is 1. The minimum Gasteiger partial charge on any atom is -0.440 e. The first-order chi connectivity index (χ1) is 9.38. The van der Waals surface area contributed by atoms with Gasteiger partial charge in [0.05, 0.1) is 11.0 Å². The van der Waals surface area contributed by atoms with E-state index in [4.69, 9.17) is 4.74 Å². The third kappa shape index (κ3) is 3.17. The number of hydrogen-bond acceptors (Lipinski definition) is 5. The minimum absolute atomic E-state index is 0.131. The molecule has 2 aromatic rings. The molecular weight excluding hydrogens is 346 g/mol. The second kappa shape index (κ2) is 5.90. The van der Waals surface area contributed by atoms with Gasteiger partial charge in [-0.25, -0.2) is 0 Å². The molecule has 0 aliphatic rings. The van der Waals surface area contributed by atoms with Crippen LogP contribution in [0.25, 0.3) is 0 Å². The molecule has 1 aromatic heterocycles. The van der Waals surface area contributed by atoms with Crippen molar-refractivity contribution in [2.45, 2.75) is 20.0 Å². The third-order valence-corrected chi connectivity index (χ3v) is 4.31. The van der Waals surface area contributed by atoms with Crippen molar-refractivity contribution in [1.29, 1.82) is 0 Å². The molecule has 0 saturated heterocycles. The number of nitro groups is 1. The van der Waals surface area contributed by atoms with E-state index in [2.05, 4.69) is 15.9 Å². The molecular formula is C13H12BrNO4S. The average molecular weight is 358 g/mol. The molecule has 0 saturated carbocycles. The maximum absolute atomic E-state index is 11.0. The zero-order valence-corrected chi connectivity index (χ0v) is 13.2. The maximum Gasteiger partial charge on any atom is 0.323 e. The topological polar surface area (TPSA) is 72.6 Å². The maximum atomic E-state index is 11.0. The van der Waals surface area contributed by atoms with E-state index in [0.29, 0.717) is 10.6 Å². The molecule has 0 spiro atoms. The molecule has 0 unspecified atom stereocenters. The zero-order chi connectivity index (χ0) is 14.9. The van der Waals surface area contributed by atoms with Crippen LogP contribution in [0, 0.1) is 17.0 Å². The second-order valence-corrected chi connectivity index (χ2v) is 6.23. The van der Waals surface area contributed by atoms with Gasteiger partial charge in [0.25, 0.3) is 5.06 Å². The zero-order valence-electron chi connectivity index (χ0n) is 10.8. The number of halogens is 1. The predicted molar refractivity (Wildman–Crippen MR) is 80.6 cm³/mol. The van der Waals surface area contributed by atoms with Gasteiger partial charge in [-0.15, -0.1) is 0 Å². The molecule has 2 rings (SSSR count). The van der Waals surface area contributed by atoms with Crippen molar-refractivity contribution in [3.63, 3.8) is 0 Å². The number of thiophene rings is 1. The average Bonchev–Trinajstić information content (AvgIpc) is 2.77. The summed E-state index contributed by atoms with van der Waals surface area (Å²) in [6.07, 6.45) is -0.762. The molecule has 0 bridgehead atoms. The summed E-state index contributed by atoms with van der Waals surface area (Å²) in [6, 6.07) is 6.76. The Bertz CT molecular complexity index is 654. The summed E-state index contributed by atoms with van der Waals surface area (Å²) in [5.41, 5.74) is 0.730. The van der Waals surface area contributed by atoms with Gasteiger partial charge < -0.3 is 9.84 Å². The van der Waals surface area contributed by atoms with E-state index in [1.165, 1.54) is 6.07 Å². The van der Waals surface area contributed by atoms with Gasteiger partial charge in [0.1, 0.15) is 5.75 Å². The summed E-state index contributed by atoms with van der Waals surface area (Å²) in [6.45, 7) is 3.42. The van der Waals surface area contributed by atoms with E-state index in [9.17, 15) is 15.2 Å². The van der Waals surface area contributed by atoms with Crippen LogP contribution in [-0.4, -0.2) is 10.0 Å². The van der Waals surface area contributed by atoms with Crippen molar-refractivity contribution in [3.05, 3.63) is 49.3 Å². The van der Waals surface area contributed by atoms with Crippen molar-refractivity contribution in [3.8, 4) is 10.8 Å². The van der Waals surface area contributed by atoms with Gasteiger partial charge in [-0.1, -0.05) is 27.3 Å². The van der Waals surface area contributed by atoms with Crippen molar-refractivity contribution in [2.75, 3.05) is 0 Å². The summed E-state index contributed by atoms with van der Waals surface area (Å²) < 4.78 is 6.54. The van der Waals surface area contributed by atoms with Crippen LogP contribution >= 0.6 is 27.3 Å². The van der Waals surface area contributed by atoms with Gasteiger partial charge in [0.2, 0.25) is 0 Å². The molecule has 1 aromatic carbocycles. The predicted octanol–water partition coefficient (Wildman–Crippen LogP) is 4.57. The fourth-order valence-electron chi connectivity index (χ4n) is 1.62. The largest absolute Gasteiger partial charge is 0.440 e. The van der Waals surface area contributed by atoms with E-state index >= 15 is 0 Å². The van der Waals surface area contributed by atoms with Crippen LogP contribution in [0.3, 0.4) is 0 Å². The van der Waals surface area contributed by atoms with Gasteiger partial charge >= 0.3 is 5.69 Å². The van der Waals surface area contributed by atoms with Crippen LogP contribution in [0.15, 0.2) is 28.7 Å². The van der Waals surface area contributed by atoms with Crippen LogP contribution in [0.5, 0.6) is 10.8 Å². The highest BCUT2D eigenvalue weighted by Gasteiger charge is 2.23. The van der Waals surface area contributed by atoms with Gasteiger partial charge in [-0.05, 0) is 37.6 Å². The molecule has 1 N–H and O–H groups in total. The monoisotopic (exact) mass is 357 g/mol. The second-order valence-electron chi connectivity index (χ2n) is 4.27. The lowest BCUT2D eigenvalue weighted by Crippen LogP contribution is -1.91. The van der Waals surface area contributed by atoms with E-state index in [1.54, 1.807) is 19.1 Å². The van der Waals surface area contributed by atoms with Crippen LogP contribution in [0.1, 0.15) is 23.5 Å². The Morgan fingerprint density at radius 1 is 1.45 bits per heavy atom. The van der Waals surface area contributed by atoms with E-state index in [1.807, 2.05) is 13.0 Å². The summed E-state index contributed by atoms with van der Waals surface area (Å²) in [5.74, 6) is 0.551. The van der Waals surface area contributed by atoms with Gasteiger partial charge in [0, 0.05) is 15.4 Å². The summed E-state index contributed by atoms with van der Waals surface area (Å²) in [7, 11) is 0. The Morgan fingerprint density at radius 2 is 2.15 bits per heavy atom. The van der Waals surface area contributed by atoms with Crippen LogP contribution in [0.2, 0.25) is 0 Å². The van der Waals surface area contributed by atoms with Crippen molar-refractivity contribution < 1.29 is 14.8 Å². The Labute approximate surface area is 128 Å². The number of aliphatic hydroxyl groups is 1. The molecule has 7 heteroatoms. The highest BCUT2D eigenvalue weighted by Crippen LogP contribution is 2.42. The van der Waals surface area contributed by atoms with Crippen LogP contribution < -0.4 is 4.74 Å². The first-order valence-corrected chi connectivity index (χ1v) is 7.39. The fourth-order valence-corrected chi connectivity index (χ4v) is 3.02. The number of aliphatic hydroxyl groups excluding tert-OH is 1. The lowest BCUT2D eigenvalue weighted by atomic mass is 10.2. The highest BCUT2D eigenvalue weighted by molar-refractivity contribution is 9.10. The van der Waals surface area contributed by atoms with Crippen molar-refractivity contribution in [2.24, 2.45) is 0 Å². The normalized spacial score (nSPS) is 12.2. The first-order valence-electron chi connectivity index (χ1n) is 5.78. The molecule has 0 aliphatic carbocycles. The van der Waals surface area contributed by atoms with E-state index in [-0.39, 0.29) is 10.8 Å². The number of rotatable bonds is 4. The highest BCUT2D eigenvalue weighted by atomic mass is 79.9. The fraction of sp³-hybridized carbons (Fsp3) is 0.231. The smallest absolute Gasteiger partial charge is 0.323 e. The Hall–Kier alpha value is -1.44. The Kier molecular flexibility index (Phi) is 4.42. The Balaban J connectivity index is 2.39. The molecule has 0 aliphatic heterocycles. The lowest BCUT2D eigenvalue weighted by Gasteiger charge is -2.06. The van der Waals surface area contributed by atoms with E-state index in [0.717, 1.165) is 21.4 Å². The molecule has 0 amide bonds. The molecule has 1 heterocycles. The summed E-state index contributed by atoms with van der Waals surface area (Å²) >= 11 is 4.43. The molecule has 5 nitrogen and oxygen atoms in total. The SMILES string of the molecule is Cc1cc(Br)ccc1Oc1sc([C@H](C)O)cc1[N+](=O)[O-]. The molecule has 1 atom stereocenters. The quantitative estimate of drug-likeness (QED) is 0.642. The first kappa shape index (κ1) is 15.0. The molecule has 0 fully saturated rings. The van der Waals surface area contributed by atoms with Crippen molar-refractivity contribution in [1.82, 2.24) is 0 Å². The third-order valence-electron chi connectivity index (χ3n) is 2.65. The van der Waals surface area contributed by atoms with Crippen LogP contribution in [0.4, 0.5) is 5.69 Å². The van der Waals surface area contributed by atoms with Gasteiger partial charge in [-0.3, -0.25) is 10.1 Å². The summed E-state index contributed by atoms with van der Waals surface area (Å²) in [4.78, 5) is 11.0. The molecule has 20 heavy (non-hydrogen) atoms.